The van der Waals surface area contributed by atoms with Gasteiger partial charge < -0.3 is 10.2 Å². The molecule has 0 spiro atoms. The molecule has 6 heteroatoms. The van der Waals surface area contributed by atoms with Gasteiger partial charge in [0.05, 0.1) is 0 Å². The number of hydrogen-bond donors (Lipinski definition) is 2. The zero-order chi connectivity index (χ0) is 12.1. The molecule has 16 heavy (non-hydrogen) atoms. The molecule has 0 aliphatic heterocycles. The summed E-state index contributed by atoms with van der Waals surface area (Å²) in [5.74, 6) is -3.89. The van der Waals surface area contributed by atoms with Crippen LogP contribution in [0, 0.1) is 10.8 Å². The van der Waals surface area contributed by atoms with E-state index in [2.05, 4.69) is 0 Å². The van der Waals surface area contributed by atoms with E-state index in [0.29, 0.717) is 0 Å². The van der Waals surface area contributed by atoms with Crippen LogP contribution in [-0.2, 0) is 19.2 Å². The predicted octanol–water partition coefficient (Wildman–Crippen LogP) is -0.146. The molecule has 2 atom stereocenters. The summed E-state index contributed by atoms with van der Waals surface area (Å²) in [4.78, 5) is 45.4. The second-order valence-corrected chi connectivity index (χ2v) is 4.47. The van der Waals surface area contributed by atoms with Crippen molar-refractivity contribution in [2.45, 2.75) is 25.7 Å². The van der Waals surface area contributed by atoms with Crippen molar-refractivity contribution in [1.29, 1.82) is 0 Å². The fourth-order valence-electron chi connectivity index (χ4n) is 2.57. The van der Waals surface area contributed by atoms with Crippen molar-refractivity contribution in [2.24, 2.45) is 10.8 Å². The van der Waals surface area contributed by atoms with Crippen LogP contribution in [0.25, 0.3) is 0 Å². The summed E-state index contributed by atoms with van der Waals surface area (Å²) in [7, 11) is 0. The minimum Gasteiger partial charge on any atom is -0.480 e. The molecule has 3 rings (SSSR count). The number of aliphatic carboxylic acids is 2. The number of fused-ring (bicyclic) bond motifs is 3. The lowest BCUT2D eigenvalue weighted by molar-refractivity contribution is -0.179. The number of carbonyl (C=O) groups is 4. The standard InChI is InChI=1S/C10H10O6/c11-5-4-10(8(15)16)2-1-9(5,7(13)14)3-6(10)12/h1-4H2,(H,13,14)(H,15,16)/t9-,10+. The van der Waals surface area contributed by atoms with Gasteiger partial charge in [-0.05, 0) is 12.8 Å². The van der Waals surface area contributed by atoms with Gasteiger partial charge in [0, 0.05) is 12.8 Å². The summed E-state index contributed by atoms with van der Waals surface area (Å²) in [6.07, 6.45) is -1.07. The molecule has 0 aromatic rings. The highest BCUT2D eigenvalue weighted by Gasteiger charge is 2.65. The number of carboxylic acids is 2. The predicted molar refractivity (Wildman–Crippen MR) is 48.6 cm³/mol. The Morgan fingerprint density at radius 3 is 1.38 bits per heavy atom. The van der Waals surface area contributed by atoms with Crippen LogP contribution in [0.4, 0.5) is 0 Å². The van der Waals surface area contributed by atoms with Gasteiger partial charge in [-0.2, -0.15) is 0 Å². The highest BCUT2D eigenvalue weighted by Crippen LogP contribution is 2.53. The second-order valence-electron chi connectivity index (χ2n) is 4.47. The van der Waals surface area contributed by atoms with Crippen molar-refractivity contribution < 1.29 is 29.4 Å². The SMILES string of the molecule is O=C(O)[C@@]12CC[C@](C(=O)O)(CC1=O)C(=O)C2. The van der Waals surface area contributed by atoms with Crippen molar-refractivity contribution in [1.82, 2.24) is 0 Å². The Labute approximate surface area is 90.2 Å². The Morgan fingerprint density at radius 1 is 0.875 bits per heavy atom. The Morgan fingerprint density at radius 2 is 1.19 bits per heavy atom. The number of Topliss-reactive ketones (excluding diaryl/α,β-unsaturated/α-hetero) is 2. The van der Waals surface area contributed by atoms with Gasteiger partial charge in [-0.25, -0.2) is 0 Å². The molecular weight excluding hydrogens is 216 g/mol. The third-order valence-corrected chi connectivity index (χ3v) is 3.79. The molecule has 6 nitrogen and oxygen atoms in total. The second kappa shape index (κ2) is 2.90. The third-order valence-electron chi connectivity index (χ3n) is 3.79. The molecule has 0 saturated heterocycles. The molecule has 3 saturated carbocycles. The van der Waals surface area contributed by atoms with Crippen molar-refractivity contribution in [2.75, 3.05) is 0 Å². The minimum atomic E-state index is -1.66. The van der Waals surface area contributed by atoms with E-state index < -0.39 is 47.2 Å². The average molecular weight is 226 g/mol. The van der Waals surface area contributed by atoms with Crippen LogP contribution in [0.5, 0.6) is 0 Å². The van der Waals surface area contributed by atoms with Gasteiger partial charge >= 0.3 is 11.9 Å². The molecule has 0 amide bonds. The van der Waals surface area contributed by atoms with E-state index in [1.165, 1.54) is 0 Å². The zero-order valence-electron chi connectivity index (χ0n) is 8.36. The van der Waals surface area contributed by atoms with Crippen LogP contribution in [0.1, 0.15) is 25.7 Å². The van der Waals surface area contributed by atoms with Crippen LogP contribution in [-0.4, -0.2) is 33.7 Å². The summed E-state index contributed by atoms with van der Waals surface area (Å²) < 4.78 is 0. The highest BCUT2D eigenvalue weighted by molar-refractivity contribution is 6.18. The molecule has 0 heterocycles. The molecule has 2 bridgehead atoms. The molecule has 0 unspecified atom stereocenters. The first-order valence-electron chi connectivity index (χ1n) is 4.89. The molecule has 0 aromatic heterocycles. The van der Waals surface area contributed by atoms with Crippen LogP contribution in [0.3, 0.4) is 0 Å². The molecule has 0 aromatic carbocycles. The van der Waals surface area contributed by atoms with Gasteiger partial charge in [0.15, 0.2) is 11.6 Å². The van der Waals surface area contributed by atoms with Crippen molar-refractivity contribution in [3.8, 4) is 0 Å². The Kier molecular flexibility index (Phi) is 1.95. The smallest absolute Gasteiger partial charge is 0.317 e. The van der Waals surface area contributed by atoms with Gasteiger partial charge in [-0.15, -0.1) is 0 Å². The zero-order valence-corrected chi connectivity index (χ0v) is 8.36. The Bertz CT molecular complexity index is 385. The van der Waals surface area contributed by atoms with Gasteiger partial charge in [-0.3, -0.25) is 19.2 Å². The maximum Gasteiger partial charge on any atom is 0.317 e. The van der Waals surface area contributed by atoms with E-state index in [1.807, 2.05) is 0 Å². The molecule has 3 aliphatic rings. The normalized spacial score (nSPS) is 37.5. The average Bonchev–Trinajstić information content (AvgIpc) is 2.19. The summed E-state index contributed by atoms with van der Waals surface area (Å²) in [5, 5.41) is 18.0. The van der Waals surface area contributed by atoms with Gasteiger partial charge in [-0.1, -0.05) is 0 Å². The lowest BCUT2D eigenvalue weighted by Gasteiger charge is -2.45. The maximum atomic E-state index is 11.7. The molecular formula is C10H10O6. The van der Waals surface area contributed by atoms with Crippen molar-refractivity contribution in [3.05, 3.63) is 0 Å². The fourth-order valence-corrected chi connectivity index (χ4v) is 2.57. The van der Waals surface area contributed by atoms with Gasteiger partial charge in [0.1, 0.15) is 10.8 Å². The quantitative estimate of drug-likeness (QED) is 0.634. The van der Waals surface area contributed by atoms with Gasteiger partial charge in [0.2, 0.25) is 0 Å². The summed E-state index contributed by atoms with van der Waals surface area (Å²) >= 11 is 0. The van der Waals surface area contributed by atoms with E-state index in [0.717, 1.165) is 0 Å². The Hall–Kier alpha value is -1.72. The fraction of sp³-hybridized carbons (Fsp3) is 0.600. The van der Waals surface area contributed by atoms with E-state index in [4.69, 9.17) is 10.2 Å². The summed E-state index contributed by atoms with van der Waals surface area (Å²) in [6.45, 7) is 0. The Balaban J connectivity index is 2.47. The van der Waals surface area contributed by atoms with Gasteiger partial charge in [0.25, 0.3) is 0 Å². The van der Waals surface area contributed by atoms with E-state index in [-0.39, 0.29) is 12.8 Å². The number of hydrogen-bond acceptors (Lipinski definition) is 4. The monoisotopic (exact) mass is 226 g/mol. The number of ketones is 2. The number of rotatable bonds is 2. The number of carboxylic acid groups (broad SMARTS) is 2. The van der Waals surface area contributed by atoms with Crippen molar-refractivity contribution >= 4 is 23.5 Å². The van der Waals surface area contributed by atoms with Crippen LogP contribution < -0.4 is 0 Å². The molecule has 86 valence electrons. The summed E-state index contributed by atoms with van der Waals surface area (Å²) in [6, 6.07) is 0. The first-order valence-corrected chi connectivity index (χ1v) is 4.89. The largest absolute Gasteiger partial charge is 0.480 e. The third kappa shape index (κ3) is 1.01. The molecule has 3 fully saturated rings. The van der Waals surface area contributed by atoms with Crippen LogP contribution in [0.2, 0.25) is 0 Å². The highest BCUT2D eigenvalue weighted by atomic mass is 16.4. The van der Waals surface area contributed by atoms with Crippen molar-refractivity contribution in [3.63, 3.8) is 0 Å². The van der Waals surface area contributed by atoms with E-state index in [9.17, 15) is 19.2 Å². The first kappa shape index (κ1) is 10.8. The molecule has 2 N–H and O–H groups in total. The molecule has 0 radical (unpaired) electrons. The topological polar surface area (TPSA) is 109 Å². The van der Waals surface area contributed by atoms with Crippen LogP contribution >= 0.6 is 0 Å². The minimum absolute atomic E-state index is 0.0563. The first-order chi connectivity index (χ1) is 7.35. The number of carbonyl (C=O) groups excluding carboxylic acids is 2. The van der Waals surface area contributed by atoms with Crippen LogP contribution in [0.15, 0.2) is 0 Å². The lowest BCUT2D eigenvalue weighted by atomic mass is 9.52. The van der Waals surface area contributed by atoms with E-state index in [1.54, 1.807) is 0 Å². The lowest BCUT2D eigenvalue weighted by Crippen LogP contribution is -2.60. The molecule has 3 aliphatic carbocycles. The summed E-state index contributed by atoms with van der Waals surface area (Å²) in [5.41, 5.74) is -3.32. The van der Waals surface area contributed by atoms with E-state index >= 15 is 0 Å². The maximum absolute atomic E-state index is 11.7.